The number of nitrogens with zero attached hydrogens (tertiary/aromatic N) is 1. The minimum atomic E-state index is -0.211. The number of halogens is 2. The average Bonchev–Trinajstić information content (AvgIpc) is 2.33. The first-order chi connectivity index (χ1) is 9.04. The van der Waals surface area contributed by atoms with E-state index >= 15 is 0 Å². The van der Waals surface area contributed by atoms with Gasteiger partial charge in [0, 0.05) is 23.8 Å². The van der Waals surface area contributed by atoms with Crippen LogP contribution in [0, 0.1) is 5.82 Å². The fourth-order valence-corrected chi connectivity index (χ4v) is 2.18. The van der Waals surface area contributed by atoms with E-state index in [9.17, 15) is 4.39 Å². The number of hydrogen-bond acceptors (Lipinski definition) is 2. The van der Waals surface area contributed by atoms with Crippen LogP contribution in [-0.2, 0) is 13.1 Å². The molecule has 0 unspecified atom stereocenters. The summed E-state index contributed by atoms with van der Waals surface area (Å²) in [7, 11) is 1.97. The predicted octanol–water partition coefficient (Wildman–Crippen LogP) is 3.69. The summed E-state index contributed by atoms with van der Waals surface area (Å²) in [5.41, 5.74) is 8.55. The van der Waals surface area contributed by atoms with E-state index in [2.05, 4.69) is 4.90 Å². The molecule has 19 heavy (non-hydrogen) atoms. The van der Waals surface area contributed by atoms with Gasteiger partial charge >= 0.3 is 0 Å². The molecule has 0 amide bonds. The van der Waals surface area contributed by atoms with Gasteiger partial charge in [-0.3, -0.25) is 4.90 Å². The van der Waals surface area contributed by atoms with Crippen molar-refractivity contribution in [1.82, 2.24) is 4.90 Å². The maximum absolute atomic E-state index is 13.1. The average molecular weight is 279 g/mol. The Labute approximate surface area is 117 Å². The van der Waals surface area contributed by atoms with E-state index in [1.807, 2.05) is 25.2 Å². The van der Waals surface area contributed by atoms with Gasteiger partial charge in [0.05, 0.1) is 0 Å². The monoisotopic (exact) mass is 278 g/mol. The Morgan fingerprint density at radius 1 is 1.16 bits per heavy atom. The van der Waals surface area contributed by atoms with Gasteiger partial charge in [0.15, 0.2) is 0 Å². The number of anilines is 1. The summed E-state index contributed by atoms with van der Waals surface area (Å²) >= 11 is 5.87. The van der Waals surface area contributed by atoms with Crippen molar-refractivity contribution in [3.8, 4) is 0 Å². The minimum Gasteiger partial charge on any atom is -0.398 e. The predicted molar refractivity (Wildman–Crippen MR) is 77.4 cm³/mol. The summed E-state index contributed by atoms with van der Waals surface area (Å²) in [4.78, 5) is 2.08. The third-order valence-corrected chi connectivity index (χ3v) is 3.12. The molecular formula is C15H16ClFN2. The van der Waals surface area contributed by atoms with Crippen LogP contribution in [0.3, 0.4) is 0 Å². The Kier molecular flexibility index (Phi) is 4.40. The van der Waals surface area contributed by atoms with Gasteiger partial charge in [-0.1, -0.05) is 29.8 Å². The zero-order valence-electron chi connectivity index (χ0n) is 10.7. The van der Waals surface area contributed by atoms with Gasteiger partial charge in [0.2, 0.25) is 0 Å². The van der Waals surface area contributed by atoms with Gasteiger partial charge in [-0.15, -0.1) is 0 Å². The number of hydrogen-bond donors (Lipinski definition) is 1. The lowest BCUT2D eigenvalue weighted by atomic mass is 10.1. The minimum absolute atomic E-state index is 0.211. The number of nitrogens with two attached hydrogens (primary N) is 1. The molecule has 2 N–H and O–H groups in total. The van der Waals surface area contributed by atoms with Crippen LogP contribution in [0.15, 0.2) is 42.5 Å². The molecular weight excluding hydrogens is 263 g/mol. The summed E-state index contributed by atoms with van der Waals surface area (Å²) in [5, 5.41) is 0.633. The van der Waals surface area contributed by atoms with Gasteiger partial charge in [-0.05, 0) is 42.4 Å². The van der Waals surface area contributed by atoms with Crippen molar-refractivity contribution in [1.29, 1.82) is 0 Å². The first kappa shape index (κ1) is 13.8. The summed E-state index contributed by atoms with van der Waals surface area (Å²) in [5.74, 6) is -0.211. The molecule has 2 aromatic carbocycles. The molecule has 0 aliphatic rings. The number of nitrogen functional groups attached to an aromatic ring is 1. The first-order valence-corrected chi connectivity index (χ1v) is 6.39. The van der Waals surface area contributed by atoms with Crippen molar-refractivity contribution in [3.05, 3.63) is 64.4 Å². The lowest BCUT2D eigenvalue weighted by molar-refractivity contribution is 0.319. The topological polar surface area (TPSA) is 29.3 Å². The second-order valence-electron chi connectivity index (χ2n) is 4.65. The SMILES string of the molecule is CN(Cc1cccc(F)c1)Cc1ccc(Cl)cc1N. The molecule has 0 bridgehead atoms. The summed E-state index contributed by atoms with van der Waals surface area (Å²) < 4.78 is 13.1. The quantitative estimate of drug-likeness (QED) is 0.864. The van der Waals surface area contributed by atoms with Gasteiger partial charge < -0.3 is 5.73 Å². The van der Waals surface area contributed by atoms with Gasteiger partial charge in [0.1, 0.15) is 5.82 Å². The number of benzene rings is 2. The van der Waals surface area contributed by atoms with Crippen molar-refractivity contribution >= 4 is 17.3 Å². The summed E-state index contributed by atoms with van der Waals surface area (Å²) in [6.07, 6.45) is 0. The molecule has 0 radical (unpaired) electrons. The standard InChI is InChI=1S/C15H16ClFN2/c1-19(9-11-3-2-4-14(17)7-11)10-12-5-6-13(16)8-15(12)18/h2-8H,9-10,18H2,1H3. The first-order valence-electron chi connectivity index (χ1n) is 6.01. The highest BCUT2D eigenvalue weighted by molar-refractivity contribution is 6.30. The van der Waals surface area contributed by atoms with Crippen molar-refractivity contribution in [2.45, 2.75) is 13.1 Å². The smallest absolute Gasteiger partial charge is 0.123 e. The van der Waals surface area contributed by atoms with Gasteiger partial charge in [-0.25, -0.2) is 4.39 Å². The second-order valence-corrected chi connectivity index (χ2v) is 5.08. The molecule has 0 heterocycles. The van der Waals surface area contributed by atoms with Gasteiger partial charge in [-0.2, -0.15) is 0 Å². The van der Waals surface area contributed by atoms with Crippen molar-refractivity contribution < 1.29 is 4.39 Å². The van der Waals surface area contributed by atoms with Gasteiger partial charge in [0.25, 0.3) is 0 Å². The Bertz CT molecular complexity index is 572. The molecule has 0 aliphatic heterocycles. The molecule has 100 valence electrons. The summed E-state index contributed by atoms with van der Waals surface area (Å²) in [6.45, 7) is 1.36. The Morgan fingerprint density at radius 2 is 1.95 bits per heavy atom. The van der Waals surface area contributed by atoms with Crippen LogP contribution in [0.2, 0.25) is 5.02 Å². The third kappa shape index (κ3) is 3.94. The van der Waals surface area contributed by atoms with Crippen LogP contribution in [-0.4, -0.2) is 11.9 Å². The van der Waals surface area contributed by atoms with E-state index < -0.39 is 0 Å². The lowest BCUT2D eigenvalue weighted by Crippen LogP contribution is -2.18. The molecule has 0 aliphatic carbocycles. The van der Waals surface area contributed by atoms with E-state index in [4.69, 9.17) is 17.3 Å². The van der Waals surface area contributed by atoms with Crippen LogP contribution in [0.1, 0.15) is 11.1 Å². The second kappa shape index (κ2) is 6.04. The van der Waals surface area contributed by atoms with E-state index in [0.29, 0.717) is 23.8 Å². The van der Waals surface area contributed by atoms with Crippen molar-refractivity contribution in [2.24, 2.45) is 0 Å². The highest BCUT2D eigenvalue weighted by Crippen LogP contribution is 2.19. The number of rotatable bonds is 4. The maximum atomic E-state index is 13.1. The molecule has 0 aromatic heterocycles. The van der Waals surface area contributed by atoms with Crippen molar-refractivity contribution in [2.75, 3.05) is 12.8 Å². The molecule has 0 saturated carbocycles. The Balaban J connectivity index is 2.03. The molecule has 0 atom stereocenters. The largest absolute Gasteiger partial charge is 0.398 e. The van der Waals surface area contributed by atoms with Crippen LogP contribution < -0.4 is 5.73 Å². The summed E-state index contributed by atoms with van der Waals surface area (Å²) in [6, 6.07) is 12.1. The molecule has 0 fully saturated rings. The molecule has 2 nitrogen and oxygen atoms in total. The van der Waals surface area contributed by atoms with Crippen LogP contribution >= 0.6 is 11.6 Å². The molecule has 0 spiro atoms. The third-order valence-electron chi connectivity index (χ3n) is 2.89. The fraction of sp³-hybridized carbons (Fsp3) is 0.200. The normalized spacial score (nSPS) is 10.9. The highest BCUT2D eigenvalue weighted by atomic mass is 35.5. The zero-order valence-corrected chi connectivity index (χ0v) is 11.5. The van der Waals surface area contributed by atoms with Crippen molar-refractivity contribution in [3.63, 3.8) is 0 Å². The van der Waals surface area contributed by atoms with E-state index in [1.54, 1.807) is 18.2 Å². The van der Waals surface area contributed by atoms with E-state index in [-0.39, 0.29) is 5.82 Å². The highest BCUT2D eigenvalue weighted by Gasteiger charge is 2.06. The maximum Gasteiger partial charge on any atom is 0.123 e. The fourth-order valence-electron chi connectivity index (χ4n) is 2.00. The zero-order chi connectivity index (χ0) is 13.8. The molecule has 2 aromatic rings. The Morgan fingerprint density at radius 3 is 2.63 bits per heavy atom. The lowest BCUT2D eigenvalue weighted by Gasteiger charge is -2.18. The van der Waals surface area contributed by atoms with E-state index in [0.717, 1.165) is 11.1 Å². The van der Waals surface area contributed by atoms with Crippen LogP contribution in [0.4, 0.5) is 10.1 Å². The van der Waals surface area contributed by atoms with Crippen LogP contribution in [0.5, 0.6) is 0 Å². The molecule has 4 heteroatoms. The molecule has 0 saturated heterocycles. The Hall–Kier alpha value is -1.58. The van der Waals surface area contributed by atoms with E-state index in [1.165, 1.54) is 6.07 Å². The van der Waals surface area contributed by atoms with Crippen LogP contribution in [0.25, 0.3) is 0 Å². The molecule has 2 rings (SSSR count).